The van der Waals surface area contributed by atoms with Crippen LogP contribution in [0.2, 0.25) is 0 Å². The van der Waals surface area contributed by atoms with Crippen LogP contribution in [0.3, 0.4) is 0 Å². The summed E-state index contributed by atoms with van der Waals surface area (Å²) in [6.07, 6.45) is 1.62. The number of hydrogen-bond acceptors (Lipinski definition) is 6. The van der Waals surface area contributed by atoms with E-state index in [1.165, 1.54) is 6.42 Å². The van der Waals surface area contributed by atoms with E-state index in [0.717, 1.165) is 59.5 Å². The fourth-order valence-corrected chi connectivity index (χ4v) is 6.64. The van der Waals surface area contributed by atoms with Gasteiger partial charge < -0.3 is 24.6 Å². The average Bonchev–Trinajstić information content (AvgIpc) is 3.55. The van der Waals surface area contributed by atoms with Gasteiger partial charge >= 0.3 is 0 Å². The zero-order valence-corrected chi connectivity index (χ0v) is 26.7. The summed E-state index contributed by atoms with van der Waals surface area (Å²) >= 11 is 0. The van der Waals surface area contributed by atoms with Crippen molar-refractivity contribution in [2.45, 2.75) is 57.5 Å². The van der Waals surface area contributed by atoms with Gasteiger partial charge in [0.25, 0.3) is 5.91 Å². The van der Waals surface area contributed by atoms with E-state index in [4.69, 9.17) is 14.2 Å². The number of likely N-dealkylation sites (tertiary alicyclic amines) is 1. The fourth-order valence-electron chi connectivity index (χ4n) is 6.64. The third kappa shape index (κ3) is 7.57. The molecule has 4 aromatic carbocycles. The molecule has 4 aromatic rings. The molecule has 46 heavy (non-hydrogen) atoms. The second kappa shape index (κ2) is 15.2. The third-order valence-corrected chi connectivity index (χ3v) is 9.33. The Morgan fingerprint density at radius 1 is 0.891 bits per heavy atom. The Balaban J connectivity index is 1.18. The highest BCUT2D eigenvalue weighted by molar-refractivity contribution is 5.94. The normalized spacial score (nSPS) is 23.3. The maximum Gasteiger partial charge on any atom is 0.251 e. The van der Waals surface area contributed by atoms with Gasteiger partial charge in [0.15, 0.2) is 6.29 Å². The highest BCUT2D eigenvalue weighted by Crippen LogP contribution is 2.42. The second-order valence-electron chi connectivity index (χ2n) is 12.4. The highest BCUT2D eigenvalue weighted by atomic mass is 16.7. The Morgan fingerprint density at radius 2 is 1.65 bits per heavy atom. The van der Waals surface area contributed by atoms with Gasteiger partial charge in [0.1, 0.15) is 0 Å². The maximum atomic E-state index is 12.5. The minimum atomic E-state index is -0.513. The molecule has 2 saturated heterocycles. The van der Waals surface area contributed by atoms with Crippen molar-refractivity contribution in [3.63, 3.8) is 0 Å². The SMILES string of the molecule is COC[C@@H]1CCCN1C[C@H]1O[C@@H](c2ccc(-c3cccc(CNC(=O)c4ccccc4)c3)cc2)O[C@@H](c2ccc(CO)cc2)[C@H]1C. The van der Waals surface area contributed by atoms with Gasteiger partial charge in [0.05, 0.1) is 25.4 Å². The molecule has 240 valence electrons. The monoisotopic (exact) mass is 620 g/mol. The molecule has 5 atom stereocenters. The first-order valence-corrected chi connectivity index (χ1v) is 16.3. The first-order valence-electron chi connectivity index (χ1n) is 16.3. The minimum absolute atomic E-state index is 0.0170. The zero-order chi connectivity index (χ0) is 31.9. The summed E-state index contributed by atoms with van der Waals surface area (Å²) in [6, 6.07) is 34.4. The van der Waals surface area contributed by atoms with Gasteiger partial charge in [-0.15, -0.1) is 0 Å². The van der Waals surface area contributed by atoms with Crippen molar-refractivity contribution in [2.75, 3.05) is 26.8 Å². The predicted molar refractivity (Wildman–Crippen MR) is 179 cm³/mol. The van der Waals surface area contributed by atoms with E-state index in [1.54, 1.807) is 7.11 Å². The molecule has 0 aromatic heterocycles. The summed E-state index contributed by atoms with van der Waals surface area (Å²) < 4.78 is 19.0. The first kappa shape index (κ1) is 32.1. The number of aliphatic hydroxyl groups excluding tert-OH is 1. The quantitative estimate of drug-likeness (QED) is 0.195. The Morgan fingerprint density at radius 3 is 2.39 bits per heavy atom. The van der Waals surface area contributed by atoms with Crippen molar-refractivity contribution in [1.29, 1.82) is 0 Å². The van der Waals surface area contributed by atoms with Crippen LogP contribution in [-0.2, 0) is 27.4 Å². The molecule has 1 amide bonds. The van der Waals surface area contributed by atoms with E-state index in [9.17, 15) is 9.90 Å². The summed E-state index contributed by atoms with van der Waals surface area (Å²) in [5.41, 5.74) is 6.79. The van der Waals surface area contributed by atoms with Crippen molar-refractivity contribution in [3.05, 3.63) is 131 Å². The molecule has 6 rings (SSSR count). The highest BCUT2D eigenvalue weighted by Gasteiger charge is 2.40. The van der Waals surface area contributed by atoms with Crippen molar-refractivity contribution in [2.24, 2.45) is 5.92 Å². The molecule has 2 fully saturated rings. The number of benzene rings is 4. The molecule has 2 aliphatic heterocycles. The molecule has 7 nitrogen and oxygen atoms in total. The first-order chi connectivity index (χ1) is 22.5. The molecule has 0 aliphatic carbocycles. The number of nitrogens with one attached hydrogen (secondary N) is 1. The van der Waals surface area contributed by atoms with Crippen LogP contribution < -0.4 is 5.32 Å². The van der Waals surface area contributed by atoms with Crippen LogP contribution in [0.15, 0.2) is 103 Å². The lowest BCUT2D eigenvalue weighted by molar-refractivity contribution is -0.276. The number of methoxy groups -OCH3 is 1. The molecule has 0 unspecified atom stereocenters. The van der Waals surface area contributed by atoms with Crippen molar-refractivity contribution in [3.8, 4) is 11.1 Å². The average molecular weight is 621 g/mol. The molecular weight excluding hydrogens is 576 g/mol. The van der Waals surface area contributed by atoms with Gasteiger partial charge in [-0.25, -0.2) is 0 Å². The molecule has 2 N–H and O–H groups in total. The van der Waals surface area contributed by atoms with E-state index in [1.807, 2.05) is 54.6 Å². The summed E-state index contributed by atoms with van der Waals surface area (Å²) in [5.74, 6) is 0.0430. The van der Waals surface area contributed by atoms with E-state index in [2.05, 4.69) is 65.7 Å². The van der Waals surface area contributed by atoms with Gasteiger partial charge in [-0.2, -0.15) is 0 Å². The largest absolute Gasteiger partial charge is 0.392 e. The van der Waals surface area contributed by atoms with Crippen LogP contribution in [0, 0.1) is 5.92 Å². The van der Waals surface area contributed by atoms with Crippen LogP contribution in [0.25, 0.3) is 11.1 Å². The van der Waals surface area contributed by atoms with Crippen LogP contribution >= 0.6 is 0 Å². The smallest absolute Gasteiger partial charge is 0.251 e. The number of carbonyl (C=O) groups excluding carboxylic acids is 1. The van der Waals surface area contributed by atoms with Crippen LogP contribution in [0.1, 0.15) is 64.8 Å². The molecule has 0 spiro atoms. The molecule has 2 heterocycles. The van der Waals surface area contributed by atoms with E-state index < -0.39 is 6.29 Å². The second-order valence-corrected chi connectivity index (χ2v) is 12.4. The number of aliphatic hydroxyl groups is 1. The maximum absolute atomic E-state index is 12.5. The molecule has 2 aliphatic rings. The van der Waals surface area contributed by atoms with Crippen LogP contribution in [-0.4, -0.2) is 54.9 Å². The molecule has 0 radical (unpaired) electrons. The summed E-state index contributed by atoms with van der Waals surface area (Å²) in [5, 5.41) is 12.6. The van der Waals surface area contributed by atoms with Gasteiger partial charge in [-0.05, 0) is 65.4 Å². The number of ether oxygens (including phenoxy) is 3. The number of amides is 1. The van der Waals surface area contributed by atoms with Gasteiger partial charge in [-0.1, -0.05) is 91.9 Å². The lowest BCUT2D eigenvalue weighted by Gasteiger charge is -2.43. The zero-order valence-electron chi connectivity index (χ0n) is 26.7. The van der Waals surface area contributed by atoms with Crippen LogP contribution in [0.5, 0.6) is 0 Å². The minimum Gasteiger partial charge on any atom is -0.392 e. The molecular formula is C39H44N2O5. The summed E-state index contributed by atoms with van der Waals surface area (Å²) in [6.45, 7) is 5.28. The summed E-state index contributed by atoms with van der Waals surface area (Å²) in [4.78, 5) is 15.0. The lowest BCUT2D eigenvalue weighted by atomic mass is 9.89. The summed E-state index contributed by atoms with van der Waals surface area (Å²) in [7, 11) is 1.77. The van der Waals surface area contributed by atoms with Crippen molar-refractivity contribution >= 4 is 5.91 Å². The Hall–Kier alpha value is -3.85. The topological polar surface area (TPSA) is 80.3 Å². The van der Waals surface area contributed by atoms with Crippen molar-refractivity contribution in [1.82, 2.24) is 10.2 Å². The van der Waals surface area contributed by atoms with Gasteiger partial charge in [0, 0.05) is 43.3 Å². The molecule has 0 bridgehead atoms. The van der Waals surface area contributed by atoms with E-state index >= 15 is 0 Å². The number of hydrogen-bond donors (Lipinski definition) is 2. The molecule has 7 heteroatoms. The van der Waals surface area contributed by atoms with E-state index in [-0.39, 0.29) is 30.6 Å². The Kier molecular flexibility index (Phi) is 10.6. The predicted octanol–water partition coefficient (Wildman–Crippen LogP) is 6.68. The number of nitrogens with zero attached hydrogens (tertiary/aromatic N) is 1. The fraction of sp³-hybridized carbons (Fsp3) is 0.359. The number of rotatable bonds is 11. The Bertz CT molecular complexity index is 1560. The standard InChI is InChI=1S/C39H44N2O5/c1-27-36(24-41-21-7-12-35(41)26-44-2)45-39(46-37(27)31-15-13-28(25-42)14-16-31)33-19-17-30(18-20-33)34-11-6-8-29(22-34)23-40-38(43)32-9-4-3-5-10-32/h3-6,8-11,13-20,22,27,35-37,39,42H,7,12,21,23-26H2,1-2H3,(H,40,43)/t27-,35-,36+,37+,39+/m0/s1. The van der Waals surface area contributed by atoms with E-state index in [0.29, 0.717) is 18.2 Å². The van der Waals surface area contributed by atoms with Crippen molar-refractivity contribution < 1.29 is 24.1 Å². The number of carbonyl (C=O) groups is 1. The third-order valence-electron chi connectivity index (χ3n) is 9.33. The van der Waals surface area contributed by atoms with Gasteiger partial charge in [-0.3, -0.25) is 9.69 Å². The lowest BCUT2D eigenvalue weighted by Crippen LogP contribution is -2.46. The van der Waals surface area contributed by atoms with Gasteiger partial charge in [0.2, 0.25) is 0 Å². The molecule has 0 saturated carbocycles. The van der Waals surface area contributed by atoms with Crippen LogP contribution in [0.4, 0.5) is 0 Å². The Labute approximate surface area is 272 Å².